The first-order valence-corrected chi connectivity index (χ1v) is 4.45. The summed E-state index contributed by atoms with van der Waals surface area (Å²) in [6.45, 7) is 3.07. The number of nitrogens with zero attached hydrogens (tertiary/aromatic N) is 1. The molecule has 0 atom stereocenters. The normalized spacial score (nSPS) is 10.2. The Bertz CT molecular complexity index is 214. The number of aryl methyl sites for hydroxylation is 1. The molecular formula is C10H16NO+. The number of aliphatic hydroxyl groups excluding tert-OH is 1. The first-order valence-electron chi connectivity index (χ1n) is 4.45. The van der Waals surface area contributed by atoms with Crippen molar-refractivity contribution in [2.75, 3.05) is 6.61 Å². The maximum Gasteiger partial charge on any atom is 0.172 e. The predicted octanol–water partition coefficient (Wildman–Crippen LogP) is 0.919. The minimum absolute atomic E-state index is 0.209. The number of aromatic nitrogens is 1. The summed E-state index contributed by atoms with van der Waals surface area (Å²) >= 11 is 0. The summed E-state index contributed by atoms with van der Waals surface area (Å²) < 4.78 is 2.02. The van der Waals surface area contributed by atoms with Crippen molar-refractivity contribution in [2.45, 2.75) is 26.3 Å². The summed E-state index contributed by atoms with van der Waals surface area (Å²) in [5, 5.41) is 8.72. The second-order valence-electron chi connectivity index (χ2n) is 2.92. The fourth-order valence-electron chi connectivity index (χ4n) is 1.27. The second kappa shape index (κ2) is 4.88. The first kappa shape index (κ1) is 9.20. The summed E-state index contributed by atoms with van der Waals surface area (Å²) in [5.41, 5.74) is 1.34. The van der Waals surface area contributed by atoms with Gasteiger partial charge in [0, 0.05) is 11.6 Å². The van der Waals surface area contributed by atoms with Crippen molar-refractivity contribution in [3.05, 3.63) is 30.1 Å². The van der Waals surface area contributed by atoms with Crippen LogP contribution >= 0.6 is 0 Å². The van der Waals surface area contributed by atoms with Crippen LogP contribution < -0.4 is 4.57 Å². The van der Waals surface area contributed by atoms with Crippen LogP contribution in [-0.2, 0) is 13.0 Å². The summed E-state index contributed by atoms with van der Waals surface area (Å²) in [4.78, 5) is 0. The largest absolute Gasteiger partial charge is 0.390 e. The quantitative estimate of drug-likeness (QED) is 0.661. The Hall–Kier alpha value is -0.890. The predicted molar refractivity (Wildman–Crippen MR) is 47.7 cm³/mol. The number of pyridine rings is 1. The Morgan fingerprint density at radius 2 is 2.33 bits per heavy atom. The van der Waals surface area contributed by atoms with Gasteiger partial charge >= 0.3 is 0 Å². The molecule has 1 N–H and O–H groups in total. The molecule has 0 spiro atoms. The Morgan fingerprint density at radius 3 is 3.00 bits per heavy atom. The highest BCUT2D eigenvalue weighted by molar-refractivity contribution is 5.04. The van der Waals surface area contributed by atoms with Crippen LogP contribution in [0, 0.1) is 0 Å². The van der Waals surface area contributed by atoms with Crippen LogP contribution in [0.4, 0.5) is 0 Å². The number of hydrogen-bond acceptors (Lipinski definition) is 1. The van der Waals surface area contributed by atoms with Crippen molar-refractivity contribution in [1.29, 1.82) is 0 Å². The van der Waals surface area contributed by atoms with Crippen LogP contribution in [0.25, 0.3) is 0 Å². The molecule has 1 aromatic rings. The molecule has 0 saturated heterocycles. The van der Waals surface area contributed by atoms with Crippen LogP contribution in [0.3, 0.4) is 0 Å². The van der Waals surface area contributed by atoms with E-state index in [0.717, 1.165) is 6.42 Å². The third kappa shape index (κ3) is 2.62. The molecule has 0 aliphatic carbocycles. The van der Waals surface area contributed by atoms with Crippen LogP contribution in [0.15, 0.2) is 24.5 Å². The van der Waals surface area contributed by atoms with E-state index in [1.165, 1.54) is 12.0 Å². The molecule has 1 heterocycles. The van der Waals surface area contributed by atoms with Crippen LogP contribution in [0.5, 0.6) is 0 Å². The lowest BCUT2D eigenvalue weighted by Crippen LogP contribution is -2.34. The van der Waals surface area contributed by atoms with Crippen molar-refractivity contribution < 1.29 is 9.67 Å². The van der Waals surface area contributed by atoms with E-state index in [9.17, 15) is 0 Å². The molecule has 66 valence electrons. The van der Waals surface area contributed by atoms with Crippen molar-refractivity contribution in [3.63, 3.8) is 0 Å². The molecule has 0 saturated carbocycles. The van der Waals surface area contributed by atoms with Gasteiger partial charge in [-0.2, -0.15) is 0 Å². The molecule has 0 bridgehead atoms. The van der Waals surface area contributed by atoms with Crippen LogP contribution in [0.1, 0.15) is 18.9 Å². The number of hydrogen-bond donors (Lipinski definition) is 1. The van der Waals surface area contributed by atoms with Gasteiger partial charge in [0.2, 0.25) is 0 Å². The zero-order valence-electron chi connectivity index (χ0n) is 7.53. The standard InChI is InChI=1S/C10H16NO/c1-2-4-10-5-3-6-11(9-10)7-8-12/h3,5-6,9,12H,2,4,7-8H2,1H3/q+1. The van der Waals surface area contributed by atoms with E-state index in [1.807, 2.05) is 16.8 Å². The van der Waals surface area contributed by atoms with E-state index in [4.69, 9.17) is 5.11 Å². The SMILES string of the molecule is CCCc1ccc[n+](CCO)c1. The Labute approximate surface area is 73.5 Å². The minimum atomic E-state index is 0.209. The third-order valence-electron chi connectivity index (χ3n) is 1.82. The van der Waals surface area contributed by atoms with E-state index < -0.39 is 0 Å². The summed E-state index contributed by atoms with van der Waals surface area (Å²) in [6.07, 6.45) is 6.37. The highest BCUT2D eigenvalue weighted by Crippen LogP contribution is 1.97. The Balaban J connectivity index is 2.67. The number of aliphatic hydroxyl groups is 1. The number of rotatable bonds is 4. The molecule has 0 fully saturated rings. The maximum absolute atomic E-state index is 8.72. The zero-order valence-corrected chi connectivity index (χ0v) is 7.53. The third-order valence-corrected chi connectivity index (χ3v) is 1.82. The molecule has 0 aromatic carbocycles. The van der Waals surface area contributed by atoms with Crippen LogP contribution in [0.2, 0.25) is 0 Å². The van der Waals surface area contributed by atoms with E-state index in [2.05, 4.69) is 19.2 Å². The average molecular weight is 166 g/mol. The van der Waals surface area contributed by atoms with Gasteiger partial charge in [0.05, 0.1) is 0 Å². The highest BCUT2D eigenvalue weighted by Gasteiger charge is 1.99. The van der Waals surface area contributed by atoms with Gasteiger partial charge < -0.3 is 5.11 Å². The zero-order chi connectivity index (χ0) is 8.81. The fraction of sp³-hybridized carbons (Fsp3) is 0.500. The molecule has 12 heavy (non-hydrogen) atoms. The van der Waals surface area contributed by atoms with Gasteiger partial charge in [0.25, 0.3) is 0 Å². The lowest BCUT2D eigenvalue weighted by Gasteiger charge is -1.97. The molecule has 0 unspecified atom stereocenters. The van der Waals surface area contributed by atoms with Crippen LogP contribution in [-0.4, -0.2) is 11.7 Å². The van der Waals surface area contributed by atoms with Crippen molar-refractivity contribution >= 4 is 0 Å². The maximum atomic E-state index is 8.72. The summed E-state index contributed by atoms with van der Waals surface area (Å²) in [7, 11) is 0. The summed E-state index contributed by atoms with van der Waals surface area (Å²) in [6, 6.07) is 4.15. The van der Waals surface area contributed by atoms with Gasteiger partial charge in [-0.3, -0.25) is 0 Å². The first-order chi connectivity index (χ1) is 5.86. The van der Waals surface area contributed by atoms with Crippen molar-refractivity contribution in [2.24, 2.45) is 0 Å². The van der Waals surface area contributed by atoms with Gasteiger partial charge in [-0.05, 0) is 12.5 Å². The minimum Gasteiger partial charge on any atom is -0.390 e. The van der Waals surface area contributed by atoms with E-state index in [-0.39, 0.29) is 6.61 Å². The molecular weight excluding hydrogens is 150 g/mol. The van der Waals surface area contributed by atoms with E-state index in [0.29, 0.717) is 6.54 Å². The lowest BCUT2D eigenvalue weighted by molar-refractivity contribution is -0.698. The van der Waals surface area contributed by atoms with Gasteiger partial charge in [-0.25, -0.2) is 4.57 Å². The second-order valence-corrected chi connectivity index (χ2v) is 2.92. The Morgan fingerprint density at radius 1 is 1.50 bits per heavy atom. The molecule has 2 heteroatoms. The van der Waals surface area contributed by atoms with E-state index in [1.54, 1.807) is 0 Å². The van der Waals surface area contributed by atoms with Crippen molar-refractivity contribution in [3.8, 4) is 0 Å². The van der Waals surface area contributed by atoms with Gasteiger partial charge in [-0.1, -0.05) is 13.3 Å². The molecule has 2 nitrogen and oxygen atoms in total. The topological polar surface area (TPSA) is 24.1 Å². The molecule has 1 aromatic heterocycles. The average Bonchev–Trinajstić information content (AvgIpc) is 2.06. The smallest absolute Gasteiger partial charge is 0.172 e. The highest BCUT2D eigenvalue weighted by atomic mass is 16.3. The lowest BCUT2D eigenvalue weighted by atomic mass is 10.2. The van der Waals surface area contributed by atoms with Gasteiger partial charge in [0.1, 0.15) is 6.61 Å². The molecule has 1 rings (SSSR count). The molecule has 0 amide bonds. The van der Waals surface area contributed by atoms with Crippen molar-refractivity contribution in [1.82, 2.24) is 0 Å². The summed E-state index contributed by atoms with van der Waals surface area (Å²) in [5.74, 6) is 0. The van der Waals surface area contributed by atoms with E-state index >= 15 is 0 Å². The molecule has 0 radical (unpaired) electrons. The Kier molecular flexibility index (Phi) is 3.74. The molecule has 0 aliphatic heterocycles. The fourth-order valence-corrected chi connectivity index (χ4v) is 1.27. The van der Waals surface area contributed by atoms with Gasteiger partial charge in [-0.15, -0.1) is 0 Å². The molecule has 0 aliphatic rings. The monoisotopic (exact) mass is 166 g/mol. The van der Waals surface area contributed by atoms with Gasteiger partial charge in [0.15, 0.2) is 18.9 Å².